The standard InChI is InChI=1S/C13H13N3O4S3/c1-19-9-7-11(20-2)15-12(8-9)22-13-10(3-5-21-13)16-23(17,18)6-4-14/h3,5,7-8,16H,6H2,1-2H3. The Bertz CT molecular complexity index is 805. The van der Waals surface area contributed by atoms with Crippen LogP contribution < -0.4 is 14.2 Å². The van der Waals surface area contributed by atoms with Crippen LogP contribution in [0.4, 0.5) is 5.69 Å². The first-order valence-corrected chi connectivity index (χ1v) is 9.55. The van der Waals surface area contributed by atoms with E-state index < -0.39 is 15.8 Å². The van der Waals surface area contributed by atoms with E-state index in [-0.39, 0.29) is 0 Å². The highest BCUT2D eigenvalue weighted by Crippen LogP contribution is 2.39. The molecule has 2 rings (SSSR count). The third-order valence-corrected chi connectivity index (χ3v) is 5.65. The van der Waals surface area contributed by atoms with Gasteiger partial charge in [0.2, 0.25) is 15.9 Å². The second-order valence-electron chi connectivity index (χ2n) is 4.13. The number of pyridine rings is 1. The quantitative estimate of drug-likeness (QED) is 0.798. The van der Waals surface area contributed by atoms with Crippen molar-refractivity contribution < 1.29 is 17.9 Å². The van der Waals surface area contributed by atoms with E-state index in [9.17, 15) is 8.42 Å². The molecule has 0 aliphatic rings. The van der Waals surface area contributed by atoms with Crippen molar-refractivity contribution >= 4 is 38.8 Å². The van der Waals surface area contributed by atoms with Gasteiger partial charge in [-0.1, -0.05) is 11.8 Å². The molecule has 122 valence electrons. The number of hydrogen-bond donors (Lipinski definition) is 1. The van der Waals surface area contributed by atoms with Gasteiger partial charge < -0.3 is 9.47 Å². The van der Waals surface area contributed by atoms with Crippen molar-refractivity contribution in [1.82, 2.24) is 4.98 Å². The Balaban J connectivity index is 2.25. The summed E-state index contributed by atoms with van der Waals surface area (Å²) in [6.45, 7) is 0. The van der Waals surface area contributed by atoms with Crippen LogP contribution in [0.3, 0.4) is 0 Å². The summed E-state index contributed by atoms with van der Waals surface area (Å²) < 4.78 is 36.8. The number of sulfonamides is 1. The Morgan fingerprint density at radius 3 is 2.83 bits per heavy atom. The van der Waals surface area contributed by atoms with E-state index in [0.717, 1.165) is 0 Å². The smallest absolute Gasteiger partial charge is 0.246 e. The lowest BCUT2D eigenvalue weighted by Gasteiger charge is -2.08. The number of anilines is 1. The van der Waals surface area contributed by atoms with E-state index in [1.807, 2.05) is 0 Å². The van der Waals surface area contributed by atoms with Crippen LogP contribution in [0.15, 0.2) is 32.8 Å². The SMILES string of the molecule is COc1cc(OC)nc(Sc2sccc2NS(=O)(=O)CC#N)c1. The number of hydrogen-bond acceptors (Lipinski definition) is 8. The number of methoxy groups -OCH3 is 2. The molecule has 2 aromatic heterocycles. The maximum Gasteiger partial charge on any atom is 0.246 e. The van der Waals surface area contributed by atoms with Crippen molar-refractivity contribution in [2.75, 3.05) is 24.7 Å². The predicted molar refractivity (Wildman–Crippen MR) is 88.8 cm³/mol. The minimum Gasteiger partial charge on any atom is -0.496 e. The summed E-state index contributed by atoms with van der Waals surface area (Å²) >= 11 is 2.64. The minimum atomic E-state index is -3.68. The van der Waals surface area contributed by atoms with E-state index in [2.05, 4.69) is 9.71 Å². The lowest BCUT2D eigenvalue weighted by molar-refractivity contribution is 0.378. The van der Waals surface area contributed by atoms with Gasteiger partial charge in [-0.2, -0.15) is 5.26 Å². The Hall–Kier alpha value is -1.96. The Morgan fingerprint density at radius 2 is 2.17 bits per heavy atom. The largest absolute Gasteiger partial charge is 0.496 e. The summed E-state index contributed by atoms with van der Waals surface area (Å²) in [4.78, 5) is 4.29. The van der Waals surface area contributed by atoms with Crippen molar-refractivity contribution in [2.45, 2.75) is 9.24 Å². The number of nitrogens with one attached hydrogen (secondary N) is 1. The Kier molecular flexibility index (Phi) is 5.70. The van der Waals surface area contributed by atoms with Crippen LogP contribution >= 0.6 is 23.1 Å². The summed E-state index contributed by atoms with van der Waals surface area (Å²) in [5.74, 6) is 0.385. The van der Waals surface area contributed by atoms with Crippen molar-refractivity contribution in [3.05, 3.63) is 23.6 Å². The second kappa shape index (κ2) is 7.54. The summed E-state index contributed by atoms with van der Waals surface area (Å²) in [7, 11) is -0.642. The molecule has 0 aliphatic carbocycles. The van der Waals surface area contributed by atoms with Crippen molar-refractivity contribution in [3.8, 4) is 17.7 Å². The molecule has 0 unspecified atom stereocenters. The molecule has 0 aromatic carbocycles. The van der Waals surface area contributed by atoms with E-state index in [0.29, 0.717) is 26.6 Å². The van der Waals surface area contributed by atoms with Crippen molar-refractivity contribution in [3.63, 3.8) is 0 Å². The van der Waals surface area contributed by atoms with E-state index in [1.54, 1.807) is 29.6 Å². The minimum absolute atomic E-state index is 0.398. The van der Waals surface area contributed by atoms with Crippen LogP contribution in [0.2, 0.25) is 0 Å². The molecule has 0 spiro atoms. The van der Waals surface area contributed by atoms with Gasteiger partial charge in [0.25, 0.3) is 0 Å². The molecule has 0 aliphatic heterocycles. The van der Waals surface area contributed by atoms with Gasteiger partial charge in [0.15, 0.2) is 5.75 Å². The molecule has 23 heavy (non-hydrogen) atoms. The molecule has 0 bridgehead atoms. The first kappa shape index (κ1) is 17.4. The van der Waals surface area contributed by atoms with E-state index in [1.165, 1.54) is 37.3 Å². The number of thiophene rings is 1. The summed E-state index contributed by atoms with van der Waals surface area (Å²) in [6.07, 6.45) is 0. The molecular weight excluding hydrogens is 358 g/mol. The lowest BCUT2D eigenvalue weighted by Crippen LogP contribution is -2.15. The van der Waals surface area contributed by atoms with Crippen molar-refractivity contribution in [2.24, 2.45) is 0 Å². The molecule has 0 saturated carbocycles. The fraction of sp³-hybridized carbons (Fsp3) is 0.231. The van der Waals surface area contributed by atoms with Gasteiger partial charge in [0.1, 0.15) is 10.8 Å². The number of ether oxygens (including phenoxy) is 2. The van der Waals surface area contributed by atoms with Crippen LogP contribution in [0.5, 0.6) is 11.6 Å². The molecular formula is C13H13N3O4S3. The van der Waals surface area contributed by atoms with Crippen LogP contribution in [0.1, 0.15) is 0 Å². The van der Waals surface area contributed by atoms with E-state index in [4.69, 9.17) is 14.7 Å². The molecule has 10 heteroatoms. The fourth-order valence-electron chi connectivity index (χ4n) is 1.57. The van der Waals surface area contributed by atoms with E-state index >= 15 is 0 Å². The van der Waals surface area contributed by atoms with Crippen LogP contribution in [-0.4, -0.2) is 33.4 Å². The average molecular weight is 371 g/mol. The average Bonchev–Trinajstić information content (AvgIpc) is 2.92. The molecule has 0 saturated heterocycles. The Morgan fingerprint density at radius 1 is 1.39 bits per heavy atom. The zero-order valence-corrected chi connectivity index (χ0v) is 14.7. The molecule has 0 amide bonds. The number of aromatic nitrogens is 1. The first-order valence-electron chi connectivity index (χ1n) is 6.20. The molecule has 2 aromatic rings. The van der Waals surface area contributed by atoms with Crippen LogP contribution in [0.25, 0.3) is 0 Å². The maximum atomic E-state index is 11.7. The van der Waals surface area contributed by atoms with Gasteiger partial charge in [0, 0.05) is 12.1 Å². The van der Waals surface area contributed by atoms with Crippen LogP contribution in [0, 0.1) is 11.3 Å². The van der Waals surface area contributed by atoms with Gasteiger partial charge in [-0.15, -0.1) is 11.3 Å². The summed E-state index contributed by atoms with van der Waals surface area (Å²) in [5, 5.41) is 10.9. The number of rotatable bonds is 7. The molecule has 7 nitrogen and oxygen atoms in total. The van der Waals surface area contributed by atoms with Gasteiger partial charge in [-0.05, 0) is 11.4 Å². The fourth-order valence-corrected chi connectivity index (χ4v) is 4.36. The molecule has 0 radical (unpaired) electrons. The van der Waals surface area contributed by atoms with Gasteiger partial charge in [0.05, 0.1) is 30.2 Å². The van der Waals surface area contributed by atoms with Crippen molar-refractivity contribution in [1.29, 1.82) is 5.26 Å². The highest BCUT2D eigenvalue weighted by atomic mass is 32.2. The highest BCUT2D eigenvalue weighted by Gasteiger charge is 2.15. The monoisotopic (exact) mass is 371 g/mol. The predicted octanol–water partition coefficient (Wildman–Crippen LogP) is 2.58. The summed E-state index contributed by atoms with van der Waals surface area (Å²) in [5.41, 5.74) is 0.416. The molecule has 1 N–H and O–H groups in total. The normalized spacial score (nSPS) is 10.8. The zero-order chi connectivity index (χ0) is 16.9. The third-order valence-electron chi connectivity index (χ3n) is 2.54. The lowest BCUT2D eigenvalue weighted by atomic mass is 10.4. The van der Waals surface area contributed by atoms with Gasteiger partial charge in [-0.25, -0.2) is 13.4 Å². The first-order chi connectivity index (χ1) is 11.0. The van der Waals surface area contributed by atoms with Crippen LogP contribution in [-0.2, 0) is 10.0 Å². The topological polar surface area (TPSA) is 101 Å². The second-order valence-corrected chi connectivity index (χ2v) is 8.06. The number of nitriles is 1. The molecule has 2 heterocycles. The molecule has 0 fully saturated rings. The zero-order valence-electron chi connectivity index (χ0n) is 12.3. The molecule has 0 atom stereocenters. The highest BCUT2D eigenvalue weighted by molar-refractivity contribution is 8.01. The number of nitrogens with zero attached hydrogens (tertiary/aromatic N) is 2. The summed E-state index contributed by atoms with van der Waals surface area (Å²) in [6, 6.07) is 6.63. The van der Waals surface area contributed by atoms with Gasteiger partial charge in [-0.3, -0.25) is 4.72 Å². The Labute approximate surface area is 142 Å². The maximum absolute atomic E-state index is 11.7. The third kappa shape index (κ3) is 4.75. The van der Waals surface area contributed by atoms with Gasteiger partial charge >= 0.3 is 0 Å².